The number of hydrogen-bond acceptors (Lipinski definition) is 20. The predicted octanol–water partition coefficient (Wildman–Crippen LogP) is 3.11. The van der Waals surface area contributed by atoms with E-state index >= 15 is 0 Å². The Kier molecular flexibility index (Phi) is 13.2. The monoisotopic (exact) mass is 891 g/mol. The molecule has 2 aromatic heterocycles. The van der Waals surface area contributed by atoms with Crippen LogP contribution >= 0.6 is 0 Å². The van der Waals surface area contributed by atoms with E-state index in [-0.39, 0.29) is 39.5 Å². The number of para-hydroxylation sites is 2. The largest absolute Gasteiger partial charge is 3.00 e. The van der Waals surface area contributed by atoms with E-state index in [0.717, 1.165) is 9.36 Å². The van der Waals surface area contributed by atoms with Crippen LogP contribution in [0.4, 0.5) is 34.1 Å². The maximum Gasteiger partial charge on any atom is 3.00 e. The molecule has 0 N–H and O–H groups in total. The predicted molar refractivity (Wildman–Crippen MR) is 185 cm³/mol. The fraction of sp³-hybridized carbons (Fsp3) is 0.0625. The van der Waals surface area contributed by atoms with Gasteiger partial charge < -0.3 is 29.5 Å². The summed E-state index contributed by atoms with van der Waals surface area (Å²) in [5.74, 6) is -4.08. The second kappa shape index (κ2) is 17.5. The van der Waals surface area contributed by atoms with Crippen molar-refractivity contribution in [2.24, 2.45) is 20.5 Å². The van der Waals surface area contributed by atoms with Crippen LogP contribution in [0.5, 0.6) is 23.3 Å². The first-order valence-corrected chi connectivity index (χ1v) is 18.4. The molecule has 0 spiro atoms. The van der Waals surface area contributed by atoms with Crippen molar-refractivity contribution in [2.45, 2.75) is 23.6 Å². The average molecular weight is 892 g/mol. The van der Waals surface area contributed by atoms with Gasteiger partial charge in [0, 0.05) is 36.0 Å². The normalized spacial score (nSPS) is 11.6. The number of non-ortho nitro benzene ring substituents is 2. The number of aryl methyl sites for hydroxylation is 2. The number of nitro groups is 2. The topological polar surface area (TPSA) is 378 Å². The minimum Gasteiger partial charge on any atom is -0.870 e. The van der Waals surface area contributed by atoms with E-state index in [1.54, 1.807) is 60.7 Å². The molecule has 306 valence electrons. The second-order valence-electron chi connectivity index (χ2n) is 11.4. The molecule has 0 saturated carbocycles. The van der Waals surface area contributed by atoms with Gasteiger partial charge in [0.25, 0.3) is 11.4 Å². The van der Waals surface area contributed by atoms with E-state index in [1.165, 1.54) is 13.8 Å². The summed E-state index contributed by atoms with van der Waals surface area (Å²) in [6.45, 7) is 2.91. The zero-order valence-electron chi connectivity index (χ0n) is 29.4. The van der Waals surface area contributed by atoms with Gasteiger partial charge in [-0.05, 0) is 38.1 Å². The fourth-order valence-corrected chi connectivity index (χ4v) is 5.99. The molecule has 0 fully saturated rings. The second-order valence-corrected chi connectivity index (χ2v) is 14.1. The zero-order chi connectivity index (χ0) is 42.7. The molecular weight excluding hydrogens is 871 g/mol. The van der Waals surface area contributed by atoms with Crippen molar-refractivity contribution < 1.29 is 73.0 Å². The van der Waals surface area contributed by atoms with Crippen molar-refractivity contribution in [3.05, 3.63) is 117 Å². The first kappa shape index (κ1) is 44.5. The molecule has 2 heterocycles. The molecule has 0 aliphatic heterocycles. The number of aromatic nitrogens is 4. The van der Waals surface area contributed by atoms with Gasteiger partial charge in [-0.15, -0.1) is 10.2 Å². The summed E-state index contributed by atoms with van der Waals surface area (Å²) in [4.78, 5) is 17.3. The Morgan fingerprint density at radius 3 is 1.17 bits per heavy atom. The molecule has 0 amide bonds. The van der Waals surface area contributed by atoms with Crippen LogP contribution in [0.2, 0.25) is 0 Å². The molecule has 24 nitrogen and oxygen atoms in total. The van der Waals surface area contributed by atoms with Crippen molar-refractivity contribution >= 4 is 54.4 Å². The van der Waals surface area contributed by atoms with Crippen LogP contribution in [0.25, 0.3) is 11.4 Å². The molecule has 0 aliphatic carbocycles. The molecule has 0 bridgehead atoms. The molecule has 0 radical (unpaired) electrons. The van der Waals surface area contributed by atoms with Crippen molar-refractivity contribution in [2.75, 3.05) is 0 Å². The molecule has 27 heteroatoms. The number of nitrogens with zero attached hydrogens (tertiary/aromatic N) is 10. The van der Waals surface area contributed by atoms with Crippen LogP contribution in [0.1, 0.15) is 11.4 Å². The van der Waals surface area contributed by atoms with E-state index in [0.29, 0.717) is 35.6 Å². The summed E-state index contributed by atoms with van der Waals surface area (Å²) in [5, 5.41) is 93.5. The van der Waals surface area contributed by atoms with Gasteiger partial charge in [0.05, 0.1) is 53.8 Å². The van der Waals surface area contributed by atoms with Crippen molar-refractivity contribution in [3.8, 4) is 34.6 Å². The summed E-state index contributed by atoms with van der Waals surface area (Å²) < 4.78 is 69.3. The minimum absolute atomic E-state index is 0. The van der Waals surface area contributed by atoms with Gasteiger partial charge in [0.2, 0.25) is 0 Å². The number of azo groups is 2. The van der Waals surface area contributed by atoms with E-state index in [1.807, 2.05) is 0 Å². The van der Waals surface area contributed by atoms with Crippen LogP contribution in [0.15, 0.2) is 115 Å². The minimum atomic E-state index is -5.29. The molecule has 0 aliphatic rings. The number of benzene rings is 4. The zero-order valence-corrected chi connectivity index (χ0v) is 32.1. The van der Waals surface area contributed by atoms with Crippen molar-refractivity contribution in [3.63, 3.8) is 0 Å². The Morgan fingerprint density at radius 1 is 0.559 bits per heavy atom. The van der Waals surface area contributed by atoms with Crippen LogP contribution in [-0.4, -0.2) is 55.3 Å². The van der Waals surface area contributed by atoms with Gasteiger partial charge in [-0.2, -0.15) is 20.4 Å². The van der Waals surface area contributed by atoms with Gasteiger partial charge >= 0.3 is 16.8 Å². The third kappa shape index (κ3) is 9.87. The van der Waals surface area contributed by atoms with E-state index in [4.69, 9.17) is 0 Å². The Hall–Kier alpha value is -7.17. The Bertz CT molecular complexity index is 2680. The van der Waals surface area contributed by atoms with Gasteiger partial charge in [-0.3, -0.25) is 20.2 Å². The van der Waals surface area contributed by atoms with Crippen LogP contribution < -0.4 is 20.4 Å². The van der Waals surface area contributed by atoms with Crippen molar-refractivity contribution in [1.82, 2.24) is 19.6 Å². The maximum absolute atomic E-state index is 12.5. The van der Waals surface area contributed by atoms with Gasteiger partial charge in [-0.1, -0.05) is 47.9 Å². The first-order chi connectivity index (χ1) is 27.2. The number of rotatable bonds is 10. The molecule has 59 heavy (non-hydrogen) atoms. The van der Waals surface area contributed by atoms with E-state index in [2.05, 4.69) is 30.7 Å². The molecule has 0 atom stereocenters. The quantitative estimate of drug-likeness (QED) is 0.0825. The fourth-order valence-electron chi connectivity index (χ4n) is 4.80. The van der Waals surface area contributed by atoms with Crippen LogP contribution in [0, 0.1) is 34.1 Å². The van der Waals surface area contributed by atoms with Crippen molar-refractivity contribution in [1.29, 1.82) is 0 Å². The third-order valence-corrected chi connectivity index (χ3v) is 9.18. The summed E-state index contributed by atoms with van der Waals surface area (Å²) in [5.41, 5.74) is -2.56. The van der Waals surface area contributed by atoms with Crippen LogP contribution in [0.3, 0.4) is 0 Å². The maximum atomic E-state index is 12.5. The summed E-state index contributed by atoms with van der Waals surface area (Å²) in [6, 6.07) is 18.7. The Morgan fingerprint density at radius 2 is 0.881 bits per heavy atom. The van der Waals surface area contributed by atoms with E-state index in [9.17, 15) is 66.6 Å². The molecule has 6 rings (SSSR count). The van der Waals surface area contributed by atoms with Gasteiger partial charge in [0.15, 0.2) is 0 Å². The van der Waals surface area contributed by atoms with Gasteiger partial charge in [-0.25, -0.2) is 26.2 Å². The summed E-state index contributed by atoms with van der Waals surface area (Å²) in [7, 11) is -10.6. The third-order valence-electron chi connectivity index (χ3n) is 7.49. The molecular formula is C32H20CoN10O14S2-3. The van der Waals surface area contributed by atoms with Gasteiger partial charge in [0.1, 0.15) is 31.6 Å². The SMILES string of the molecule is Cc1nn(-c2ccccc2)c([O-])c1N=Nc1cc([N+](=O)[O-])cc(S(=O)(=O)[O-])c1[O-].Cc1nn(-c2ccccc2)c([O-])c1N=Nc1cc([N+](=O)[O-])cc(S(=O)(=O)[O-])c1[O-].[Co+3]. The summed E-state index contributed by atoms with van der Waals surface area (Å²) >= 11 is 0. The molecule has 0 unspecified atom stereocenters. The average Bonchev–Trinajstić information content (AvgIpc) is 3.61. The van der Waals surface area contributed by atoms with Crippen LogP contribution in [-0.2, 0) is 37.0 Å². The number of hydrogen-bond donors (Lipinski definition) is 0. The molecule has 4 aromatic carbocycles. The number of nitro benzene ring substituents is 2. The van der Waals surface area contributed by atoms with E-state index < -0.39 is 85.9 Å². The molecule has 6 aromatic rings. The Labute approximate surface area is 341 Å². The Balaban J connectivity index is 0.000000256. The molecule has 0 saturated heterocycles. The standard InChI is InChI=1S/2C16H13N5O7S.Co/c2*1-9-14(16(23)20(19-9)10-5-3-2-4-6-10)18-17-12-7-11(21(24)25)8-13(15(12)22)29(26,27)28;/h2*2-8,22-23H,1H3,(H,26,27,28);/q;;+3/p-6. The summed E-state index contributed by atoms with van der Waals surface area (Å²) in [6.07, 6.45) is 0. The smallest absolute Gasteiger partial charge is 0.870 e. The first-order valence-electron chi connectivity index (χ1n) is 15.6.